The van der Waals surface area contributed by atoms with Crippen LogP contribution in [0.3, 0.4) is 0 Å². The summed E-state index contributed by atoms with van der Waals surface area (Å²) in [6.07, 6.45) is 9.65. The van der Waals surface area contributed by atoms with Crippen molar-refractivity contribution in [3.05, 3.63) is 84.9 Å². The van der Waals surface area contributed by atoms with Crippen molar-refractivity contribution in [3.63, 3.8) is 0 Å². The van der Waals surface area contributed by atoms with Gasteiger partial charge in [0.25, 0.3) is 0 Å². The van der Waals surface area contributed by atoms with Gasteiger partial charge in [-0.2, -0.15) is 0 Å². The quantitative estimate of drug-likeness (QED) is 0.151. The molecule has 6 rings (SSSR count). The van der Waals surface area contributed by atoms with E-state index in [1.807, 2.05) is 85.3 Å². The molecule has 12 heteroatoms. The van der Waals surface area contributed by atoms with Crippen molar-refractivity contribution in [2.45, 2.75) is 72.0 Å². The van der Waals surface area contributed by atoms with Gasteiger partial charge in [0.15, 0.2) is 19.7 Å². The molecule has 0 radical (unpaired) electrons. The fraction of sp³-hybridized carbons (Fsp3) is 0.400. The number of rotatable bonds is 10. The van der Waals surface area contributed by atoms with Crippen molar-refractivity contribution in [2.75, 3.05) is 46.9 Å². The van der Waals surface area contributed by atoms with Crippen LogP contribution in [-0.2, 0) is 19.7 Å². The lowest BCUT2D eigenvalue weighted by molar-refractivity contribution is 0.460. The van der Waals surface area contributed by atoms with Gasteiger partial charge in [0.1, 0.15) is 11.5 Å². The van der Waals surface area contributed by atoms with E-state index in [9.17, 15) is 27.0 Å². The van der Waals surface area contributed by atoms with Gasteiger partial charge in [-0.1, -0.05) is 75.9 Å². The number of thioether (sulfide) groups is 2. The first-order valence-corrected chi connectivity index (χ1v) is 23.6. The Morgan fingerprint density at radius 2 is 0.981 bits per heavy atom. The van der Waals surface area contributed by atoms with Gasteiger partial charge in [0.2, 0.25) is 0 Å². The first-order chi connectivity index (χ1) is 24.9. The number of hydrogen-bond donors (Lipinski definition) is 2. The van der Waals surface area contributed by atoms with Gasteiger partial charge in [-0.3, -0.25) is 0 Å². The number of anilines is 4. The molecule has 4 aromatic carbocycles. The summed E-state index contributed by atoms with van der Waals surface area (Å²) in [7, 11) is -6.91. The molecule has 0 aromatic heterocycles. The predicted molar refractivity (Wildman–Crippen MR) is 217 cm³/mol. The lowest BCUT2D eigenvalue weighted by Gasteiger charge is -2.27. The minimum Gasteiger partial charge on any atom is -0.507 e. The summed E-state index contributed by atoms with van der Waals surface area (Å²) in [6.45, 7) is 5.57. The summed E-state index contributed by atoms with van der Waals surface area (Å²) in [6, 6.07) is 26.2. The number of unbranched alkanes of at least 4 members (excludes halogenated alkanes) is 2. The monoisotopic (exact) mass is 782 g/mol. The van der Waals surface area contributed by atoms with Crippen LogP contribution in [0, 0.1) is 11.8 Å². The van der Waals surface area contributed by atoms with Crippen molar-refractivity contribution >= 4 is 65.9 Å². The van der Waals surface area contributed by atoms with E-state index in [1.165, 1.54) is 35.7 Å². The van der Waals surface area contributed by atoms with Crippen molar-refractivity contribution in [3.8, 4) is 11.5 Å². The van der Waals surface area contributed by atoms with E-state index in [-0.39, 0.29) is 44.6 Å². The van der Waals surface area contributed by atoms with Crippen molar-refractivity contribution in [1.29, 1.82) is 0 Å². The molecular formula is C40H50N2O6S4. The number of benzene rings is 4. The Morgan fingerprint density at radius 3 is 1.31 bits per heavy atom. The topological polar surface area (TPSA) is 115 Å². The molecule has 0 fully saturated rings. The fourth-order valence-corrected chi connectivity index (χ4v) is 11.7. The number of nitrogens with zero attached hydrogens (tertiary/aromatic N) is 2. The molecule has 2 aliphatic heterocycles. The lowest BCUT2D eigenvalue weighted by atomic mass is 10.0. The van der Waals surface area contributed by atoms with Crippen LogP contribution in [0.15, 0.2) is 105 Å². The summed E-state index contributed by atoms with van der Waals surface area (Å²) in [4.78, 5) is 6.03. The third kappa shape index (κ3) is 9.24. The van der Waals surface area contributed by atoms with E-state index in [1.54, 1.807) is 0 Å². The fourth-order valence-electron chi connectivity index (χ4n) is 6.98. The molecule has 2 N–H and O–H groups in total. The van der Waals surface area contributed by atoms with Crippen molar-refractivity contribution < 1.29 is 27.0 Å². The first-order valence-electron chi connectivity index (χ1n) is 17.8. The highest BCUT2D eigenvalue weighted by atomic mass is 32.2. The zero-order valence-corrected chi connectivity index (χ0v) is 33.6. The summed E-state index contributed by atoms with van der Waals surface area (Å²) in [5, 5.41) is 20.5. The Hall–Kier alpha value is -3.32. The number of hydrogen-bond acceptors (Lipinski definition) is 10. The normalized spacial score (nSPS) is 19.0. The van der Waals surface area contributed by atoms with E-state index in [4.69, 9.17) is 0 Å². The van der Waals surface area contributed by atoms with E-state index in [0.717, 1.165) is 49.9 Å². The second kappa shape index (κ2) is 17.7. The molecule has 0 unspecified atom stereocenters. The number of aromatic hydroxyl groups is 2. The molecule has 8 nitrogen and oxygen atoms in total. The van der Waals surface area contributed by atoms with Crippen LogP contribution < -0.4 is 9.80 Å². The van der Waals surface area contributed by atoms with E-state index in [0.29, 0.717) is 34.3 Å². The maximum absolute atomic E-state index is 13.1. The molecule has 0 saturated heterocycles. The van der Waals surface area contributed by atoms with Gasteiger partial charge < -0.3 is 20.0 Å². The van der Waals surface area contributed by atoms with Crippen LogP contribution in [0.2, 0.25) is 0 Å². The van der Waals surface area contributed by atoms with Crippen LogP contribution in [0.4, 0.5) is 22.7 Å². The molecule has 0 spiro atoms. The van der Waals surface area contributed by atoms with Crippen LogP contribution in [0.25, 0.3) is 0 Å². The van der Waals surface area contributed by atoms with E-state index >= 15 is 0 Å². The third-order valence-corrected chi connectivity index (χ3v) is 15.0. The highest BCUT2D eigenvalue weighted by molar-refractivity contribution is 7.99. The van der Waals surface area contributed by atoms with Crippen LogP contribution in [0.1, 0.15) is 52.4 Å². The Morgan fingerprint density at radius 1 is 0.615 bits per heavy atom. The SMILES string of the molecule is CCCC[C@@H]1CN(c2ccccc2)c2cc(SC)c(O)cc2S(=O)(=O)C1.CCCC[C@H]1CN(c2ccccc2)c2cc(SC)c(O)cc2S(=O)(=O)C1. The zero-order valence-electron chi connectivity index (χ0n) is 30.4. The minimum atomic E-state index is -3.46. The molecular weight excluding hydrogens is 733 g/mol. The number of fused-ring (bicyclic) bond motifs is 2. The molecule has 2 aliphatic rings. The Bertz CT molecular complexity index is 1880. The average molecular weight is 783 g/mol. The molecule has 52 heavy (non-hydrogen) atoms. The Balaban J connectivity index is 0.000000201. The molecule has 0 aliphatic carbocycles. The van der Waals surface area contributed by atoms with Gasteiger partial charge >= 0.3 is 0 Å². The number of phenolic OH excluding ortho intramolecular Hbond substituents is 2. The molecule has 0 amide bonds. The van der Waals surface area contributed by atoms with Gasteiger partial charge in [0.05, 0.1) is 42.5 Å². The second-order valence-electron chi connectivity index (χ2n) is 13.5. The largest absolute Gasteiger partial charge is 0.507 e. The Labute approximate surface area is 318 Å². The van der Waals surface area contributed by atoms with Crippen LogP contribution >= 0.6 is 23.5 Å². The number of phenols is 2. The highest BCUT2D eigenvalue weighted by Gasteiger charge is 2.34. The third-order valence-electron chi connectivity index (χ3n) is 9.63. The molecule has 0 saturated carbocycles. The summed E-state index contributed by atoms with van der Waals surface area (Å²) in [5.74, 6) is 0.433. The summed E-state index contributed by atoms with van der Waals surface area (Å²) < 4.78 is 52.2. The smallest absolute Gasteiger partial charge is 0.180 e. The maximum atomic E-state index is 13.1. The summed E-state index contributed by atoms with van der Waals surface area (Å²) >= 11 is 2.83. The highest BCUT2D eigenvalue weighted by Crippen LogP contribution is 2.44. The molecule has 4 aromatic rings. The van der Waals surface area contributed by atoms with E-state index in [2.05, 4.69) is 23.6 Å². The van der Waals surface area contributed by atoms with Gasteiger partial charge in [-0.05, 0) is 73.6 Å². The Kier molecular flexibility index (Phi) is 13.6. The number of sulfone groups is 2. The van der Waals surface area contributed by atoms with E-state index < -0.39 is 19.7 Å². The zero-order chi connectivity index (χ0) is 37.5. The first kappa shape index (κ1) is 39.9. The predicted octanol–water partition coefficient (Wildman–Crippen LogP) is 9.69. The number of para-hydroxylation sites is 2. The average Bonchev–Trinajstić information content (AvgIpc) is 3.32. The minimum absolute atomic E-state index is 0.0276. The van der Waals surface area contributed by atoms with Crippen LogP contribution in [0.5, 0.6) is 11.5 Å². The van der Waals surface area contributed by atoms with Gasteiger partial charge in [0, 0.05) is 36.6 Å². The molecule has 0 bridgehead atoms. The maximum Gasteiger partial charge on any atom is 0.180 e. The molecule has 280 valence electrons. The van der Waals surface area contributed by atoms with Gasteiger partial charge in [-0.25, -0.2) is 16.8 Å². The standard InChI is InChI=1S/2C20H25NO3S2/c2*1-3-4-8-15-13-21(16-9-6-5-7-10-16)17-11-19(25-2)18(22)12-20(17)26(23,24)14-15/h2*5-7,9-12,15,22H,3-4,8,13-14H2,1-2H3/t2*15-/m10/s1. The van der Waals surface area contributed by atoms with Crippen LogP contribution in [-0.4, -0.2) is 64.2 Å². The lowest BCUT2D eigenvalue weighted by Crippen LogP contribution is -2.26. The van der Waals surface area contributed by atoms with Crippen molar-refractivity contribution in [2.24, 2.45) is 11.8 Å². The van der Waals surface area contributed by atoms with Crippen molar-refractivity contribution in [1.82, 2.24) is 0 Å². The summed E-state index contributed by atoms with van der Waals surface area (Å²) in [5.41, 5.74) is 3.28. The molecule has 2 heterocycles. The van der Waals surface area contributed by atoms with Gasteiger partial charge in [-0.15, -0.1) is 23.5 Å². The molecule has 2 atom stereocenters. The second-order valence-corrected chi connectivity index (χ2v) is 19.2.